The van der Waals surface area contributed by atoms with Crippen molar-refractivity contribution in [3.05, 3.63) is 0 Å². The standard InChI is InChI=1S/C20H39Cl2NP/c1-17(2,3)15-12-11-14(13-15)16(24-19(7,8)9)23(18(4,5)6)20(10,21)22/h14-16H,11-13H2,1-10H3/q-1. The summed E-state index contributed by atoms with van der Waals surface area (Å²) in [4.78, 5) is 2.37. The SMILES string of the molecule is CC(C)(C)[P-]C(C1CCC(C(C)(C)C)C1)N(C(C)(C)C)C(C)(Cl)Cl. The van der Waals surface area contributed by atoms with Gasteiger partial charge in [-0.2, -0.15) is 5.16 Å². The molecular weight excluding hydrogens is 356 g/mol. The molecule has 0 saturated heterocycles. The van der Waals surface area contributed by atoms with Crippen molar-refractivity contribution in [2.75, 3.05) is 0 Å². The van der Waals surface area contributed by atoms with Crippen molar-refractivity contribution in [1.29, 1.82) is 0 Å². The van der Waals surface area contributed by atoms with Gasteiger partial charge in [-0.25, -0.2) is 0 Å². The summed E-state index contributed by atoms with van der Waals surface area (Å²) >= 11 is 13.4. The number of hydrogen-bond acceptors (Lipinski definition) is 1. The quantitative estimate of drug-likeness (QED) is 0.267. The molecule has 0 spiro atoms. The lowest BCUT2D eigenvalue weighted by molar-refractivity contribution is 0.0641. The second kappa shape index (κ2) is 7.53. The maximum Gasteiger partial charge on any atom is 0.167 e. The zero-order valence-corrected chi connectivity index (χ0v) is 19.9. The Morgan fingerprint density at radius 1 is 0.875 bits per heavy atom. The van der Waals surface area contributed by atoms with Crippen molar-refractivity contribution in [1.82, 2.24) is 4.90 Å². The molecular formula is C20H39Cl2NP-. The molecule has 0 radical (unpaired) electrons. The van der Waals surface area contributed by atoms with Crippen LogP contribution in [0, 0.1) is 17.3 Å². The van der Waals surface area contributed by atoms with Crippen LogP contribution in [-0.4, -0.2) is 25.8 Å². The highest BCUT2D eigenvalue weighted by Gasteiger charge is 2.42. The Morgan fingerprint density at radius 2 is 1.38 bits per heavy atom. The molecule has 1 aliphatic carbocycles. The Morgan fingerprint density at radius 3 is 1.67 bits per heavy atom. The predicted octanol–water partition coefficient (Wildman–Crippen LogP) is 7.77. The first-order valence-corrected chi connectivity index (χ1v) is 11.0. The van der Waals surface area contributed by atoms with Gasteiger partial charge in [-0.05, 0) is 51.9 Å². The van der Waals surface area contributed by atoms with Crippen LogP contribution in [0.25, 0.3) is 0 Å². The number of nitrogens with zero attached hydrogens (tertiary/aromatic N) is 1. The number of rotatable bonds is 4. The second-order valence-corrected chi connectivity index (χ2v) is 14.5. The third-order valence-electron chi connectivity index (χ3n) is 5.05. The molecule has 1 saturated carbocycles. The number of hydrogen-bond donors (Lipinski definition) is 0. The van der Waals surface area contributed by atoms with Crippen molar-refractivity contribution in [2.45, 2.75) is 109 Å². The second-order valence-electron chi connectivity index (χ2n) is 10.7. The first-order valence-electron chi connectivity index (χ1n) is 9.32. The highest BCUT2D eigenvalue weighted by molar-refractivity contribution is 7.40. The van der Waals surface area contributed by atoms with Crippen molar-refractivity contribution in [3.8, 4) is 0 Å². The minimum absolute atomic E-state index is 0.0685. The van der Waals surface area contributed by atoms with E-state index in [2.05, 4.69) is 67.2 Å². The normalized spacial score (nSPS) is 25.9. The highest BCUT2D eigenvalue weighted by Crippen LogP contribution is 2.53. The lowest BCUT2D eigenvalue weighted by Gasteiger charge is -2.58. The van der Waals surface area contributed by atoms with E-state index in [1.807, 2.05) is 6.92 Å². The molecule has 0 aliphatic heterocycles. The van der Waals surface area contributed by atoms with Crippen LogP contribution in [0.3, 0.4) is 0 Å². The van der Waals surface area contributed by atoms with Gasteiger partial charge in [-0.3, -0.25) is 4.90 Å². The van der Waals surface area contributed by atoms with Gasteiger partial charge in [0.1, 0.15) is 0 Å². The molecule has 3 unspecified atom stereocenters. The van der Waals surface area contributed by atoms with E-state index in [1.54, 1.807) is 0 Å². The summed E-state index contributed by atoms with van der Waals surface area (Å²) in [6.45, 7) is 22.7. The van der Waals surface area contributed by atoms with E-state index >= 15 is 0 Å². The average molecular weight is 395 g/mol. The molecule has 0 N–H and O–H groups in total. The van der Waals surface area contributed by atoms with Gasteiger partial charge in [-0.15, -0.1) is 5.78 Å². The van der Waals surface area contributed by atoms with Crippen molar-refractivity contribution >= 4 is 31.8 Å². The minimum Gasteiger partial charge on any atom is -0.514 e. The van der Waals surface area contributed by atoms with E-state index in [0.717, 1.165) is 5.92 Å². The van der Waals surface area contributed by atoms with Crippen LogP contribution in [0.2, 0.25) is 0 Å². The van der Waals surface area contributed by atoms with E-state index in [-0.39, 0.29) is 10.7 Å². The maximum atomic E-state index is 6.70. The molecule has 0 aromatic carbocycles. The van der Waals surface area contributed by atoms with Crippen LogP contribution in [0.1, 0.15) is 88.5 Å². The van der Waals surface area contributed by atoms with Gasteiger partial charge < -0.3 is 8.58 Å². The maximum absolute atomic E-state index is 6.70. The van der Waals surface area contributed by atoms with Crippen molar-refractivity contribution in [2.24, 2.45) is 17.3 Å². The van der Waals surface area contributed by atoms with Gasteiger partial charge in [0, 0.05) is 5.54 Å². The third-order valence-corrected chi connectivity index (χ3v) is 7.11. The first-order chi connectivity index (χ1) is 10.4. The summed E-state index contributed by atoms with van der Waals surface area (Å²) in [5, 5.41) is 0.229. The summed E-state index contributed by atoms with van der Waals surface area (Å²) < 4.78 is -0.860. The molecule has 1 aliphatic rings. The van der Waals surface area contributed by atoms with Gasteiger partial charge in [0.05, 0.1) is 0 Å². The van der Waals surface area contributed by atoms with E-state index in [4.69, 9.17) is 23.2 Å². The molecule has 3 atom stereocenters. The zero-order chi connectivity index (χ0) is 19.1. The average Bonchev–Trinajstić information content (AvgIpc) is 2.69. The lowest BCUT2D eigenvalue weighted by atomic mass is 9.79. The van der Waals surface area contributed by atoms with Gasteiger partial charge >= 0.3 is 0 Å². The monoisotopic (exact) mass is 394 g/mol. The van der Waals surface area contributed by atoms with Crippen LogP contribution >= 0.6 is 31.8 Å². The summed E-state index contributed by atoms with van der Waals surface area (Å²) in [5.41, 5.74) is 0.316. The molecule has 0 heterocycles. The van der Waals surface area contributed by atoms with Crippen LogP contribution < -0.4 is 0 Å². The molecule has 0 aromatic heterocycles. The zero-order valence-electron chi connectivity index (χ0n) is 17.5. The molecule has 0 bridgehead atoms. The molecule has 4 heteroatoms. The fourth-order valence-corrected chi connectivity index (χ4v) is 6.88. The van der Waals surface area contributed by atoms with Gasteiger partial charge in [0.15, 0.2) is 4.46 Å². The molecule has 1 nitrogen and oxygen atoms in total. The van der Waals surface area contributed by atoms with Gasteiger partial charge in [0.25, 0.3) is 0 Å². The van der Waals surface area contributed by atoms with Gasteiger partial charge in [-0.1, -0.05) is 77.1 Å². The Bertz CT molecular complexity index is 395. The van der Waals surface area contributed by atoms with E-state index in [9.17, 15) is 0 Å². The fraction of sp³-hybridized carbons (Fsp3) is 1.00. The minimum atomic E-state index is -0.860. The predicted molar refractivity (Wildman–Crippen MR) is 112 cm³/mol. The van der Waals surface area contributed by atoms with Gasteiger partial charge in [0.2, 0.25) is 0 Å². The highest BCUT2D eigenvalue weighted by atomic mass is 35.5. The topological polar surface area (TPSA) is 3.24 Å². The van der Waals surface area contributed by atoms with E-state index in [1.165, 1.54) is 27.8 Å². The lowest BCUT2D eigenvalue weighted by Crippen LogP contribution is -2.56. The van der Waals surface area contributed by atoms with Crippen LogP contribution in [-0.2, 0) is 0 Å². The Balaban J connectivity index is 3.17. The summed E-state index contributed by atoms with van der Waals surface area (Å²) in [6, 6.07) is 0. The van der Waals surface area contributed by atoms with Crippen LogP contribution in [0.5, 0.6) is 0 Å². The smallest absolute Gasteiger partial charge is 0.167 e. The Hall–Kier alpha value is 0.970. The Labute approximate surface area is 163 Å². The number of alkyl halides is 2. The van der Waals surface area contributed by atoms with E-state index in [0.29, 0.717) is 17.1 Å². The molecule has 144 valence electrons. The van der Waals surface area contributed by atoms with Crippen molar-refractivity contribution in [3.63, 3.8) is 0 Å². The van der Waals surface area contributed by atoms with E-state index < -0.39 is 4.46 Å². The summed E-state index contributed by atoms with van der Waals surface area (Å²) in [6.07, 6.45) is 3.89. The number of halogens is 2. The van der Waals surface area contributed by atoms with Crippen LogP contribution in [0.15, 0.2) is 0 Å². The molecule has 1 fully saturated rings. The molecule has 0 amide bonds. The van der Waals surface area contributed by atoms with Crippen molar-refractivity contribution < 1.29 is 0 Å². The first kappa shape index (κ1) is 23.0. The summed E-state index contributed by atoms with van der Waals surface area (Å²) in [7, 11) is 1.43. The Kier molecular flexibility index (Phi) is 7.22. The molecule has 1 rings (SSSR count). The van der Waals surface area contributed by atoms with Crippen LogP contribution in [0.4, 0.5) is 0 Å². The molecule has 24 heavy (non-hydrogen) atoms. The molecule has 0 aromatic rings. The fourth-order valence-electron chi connectivity index (χ4n) is 4.06. The summed E-state index contributed by atoms with van der Waals surface area (Å²) in [5.74, 6) is 1.84. The largest absolute Gasteiger partial charge is 0.514 e. The third kappa shape index (κ3) is 6.61.